The van der Waals surface area contributed by atoms with E-state index in [0.717, 1.165) is 4.90 Å². The van der Waals surface area contributed by atoms with E-state index in [4.69, 9.17) is 18.9 Å². The van der Waals surface area contributed by atoms with E-state index < -0.39 is 47.5 Å². The van der Waals surface area contributed by atoms with Gasteiger partial charge in [0.2, 0.25) is 0 Å². The van der Waals surface area contributed by atoms with Gasteiger partial charge in [-0.25, -0.2) is 24.3 Å². The smallest absolute Gasteiger partial charge is 0.408 e. The van der Waals surface area contributed by atoms with Gasteiger partial charge in [0, 0.05) is 52.3 Å². The number of benzene rings is 1. The maximum absolute atomic E-state index is 13.6. The van der Waals surface area contributed by atoms with Crippen LogP contribution in [0.3, 0.4) is 0 Å². The van der Waals surface area contributed by atoms with Gasteiger partial charge < -0.3 is 15.0 Å². The number of nitriles is 2. The van der Waals surface area contributed by atoms with Gasteiger partial charge in [-0.1, -0.05) is 6.07 Å². The molecular formula is C33H31N9O3. The number of ether oxygens (including phenoxy) is 1. The summed E-state index contributed by atoms with van der Waals surface area (Å²) in [6.45, 7) is 4.38. The maximum atomic E-state index is 13.6. The van der Waals surface area contributed by atoms with E-state index in [1.165, 1.54) is 0 Å². The van der Waals surface area contributed by atoms with Crippen molar-refractivity contribution in [2.75, 3.05) is 6.98 Å². The van der Waals surface area contributed by atoms with Crippen LogP contribution in [0, 0.1) is 28.1 Å². The number of alkyl carbamates (subject to hydrolysis) is 1. The highest BCUT2D eigenvalue weighted by atomic mass is 16.6. The molecule has 1 aromatic carbocycles. The largest absolute Gasteiger partial charge is 0.444 e. The molecule has 12 nitrogen and oxygen atoms in total. The van der Waals surface area contributed by atoms with Crippen LogP contribution < -0.4 is 5.32 Å². The van der Waals surface area contributed by atoms with Crippen molar-refractivity contribution in [2.45, 2.75) is 70.1 Å². The van der Waals surface area contributed by atoms with Gasteiger partial charge in [0.05, 0.1) is 40.5 Å². The summed E-state index contributed by atoms with van der Waals surface area (Å²) in [5.74, 6) is -0.808. The van der Waals surface area contributed by atoms with Gasteiger partial charge in [0.15, 0.2) is 11.5 Å². The second-order valence-corrected chi connectivity index (χ2v) is 13.3. The molecule has 2 amide bonds. The van der Waals surface area contributed by atoms with Crippen LogP contribution in [0.25, 0.3) is 16.9 Å². The second-order valence-electron chi connectivity index (χ2n) is 13.3. The zero-order valence-corrected chi connectivity index (χ0v) is 25.1. The zero-order valence-electron chi connectivity index (χ0n) is 28.1. The zero-order chi connectivity index (χ0) is 34.4. The Hall–Kier alpha value is -5.36. The van der Waals surface area contributed by atoms with Crippen LogP contribution in [-0.4, -0.2) is 54.0 Å². The van der Waals surface area contributed by atoms with Crippen molar-refractivity contribution in [3.05, 3.63) is 76.6 Å². The molecule has 0 unspecified atom stereocenters. The van der Waals surface area contributed by atoms with E-state index in [9.17, 15) is 20.1 Å². The van der Waals surface area contributed by atoms with Gasteiger partial charge in [-0.05, 0) is 70.7 Å². The molecule has 3 aliphatic rings. The fourth-order valence-corrected chi connectivity index (χ4v) is 7.01. The average Bonchev–Trinajstić information content (AvgIpc) is 3.51. The highest BCUT2D eigenvalue weighted by molar-refractivity contribution is 5.98. The van der Waals surface area contributed by atoms with Gasteiger partial charge in [-0.2, -0.15) is 15.6 Å². The third-order valence-corrected chi connectivity index (χ3v) is 8.78. The normalized spacial score (nSPS) is 26.2. The summed E-state index contributed by atoms with van der Waals surface area (Å²) in [4.78, 5) is 41.4. The first kappa shape index (κ1) is 25.0. The van der Waals surface area contributed by atoms with Crippen LogP contribution in [-0.2, 0) is 10.3 Å². The third kappa shape index (κ3) is 4.40. The molecule has 12 heteroatoms. The van der Waals surface area contributed by atoms with Crippen LogP contribution in [0.4, 0.5) is 4.79 Å². The Labute approximate surface area is 263 Å². The summed E-state index contributed by atoms with van der Waals surface area (Å²) < 4.78 is 31.7. The first-order chi connectivity index (χ1) is 22.6. The molecule has 2 atom stereocenters. The van der Waals surface area contributed by atoms with Crippen LogP contribution in [0.5, 0.6) is 0 Å². The fraction of sp³-hybridized carbons (Fsp3) is 0.394. The number of hydrogen-bond donors (Lipinski definition) is 1. The van der Waals surface area contributed by atoms with Crippen molar-refractivity contribution >= 4 is 17.6 Å². The van der Waals surface area contributed by atoms with Crippen molar-refractivity contribution in [1.29, 1.82) is 10.5 Å². The molecular weight excluding hydrogens is 570 g/mol. The Morgan fingerprint density at radius 1 is 1.18 bits per heavy atom. The van der Waals surface area contributed by atoms with E-state index in [-0.39, 0.29) is 12.0 Å². The molecule has 7 rings (SSSR count). The van der Waals surface area contributed by atoms with Crippen molar-refractivity contribution in [3.63, 3.8) is 0 Å². The minimum atomic E-state index is -2.74. The highest BCUT2D eigenvalue weighted by Gasteiger charge is 2.56. The Morgan fingerprint density at radius 2 is 1.93 bits per heavy atom. The summed E-state index contributed by atoms with van der Waals surface area (Å²) >= 11 is 0. The number of amides is 2. The monoisotopic (exact) mass is 604 g/mol. The summed E-state index contributed by atoms with van der Waals surface area (Å²) in [7, 11) is 0. The topological polar surface area (TPSA) is 162 Å². The number of rotatable bonds is 3. The molecule has 4 aromatic rings. The van der Waals surface area contributed by atoms with E-state index in [0.29, 0.717) is 58.0 Å². The Morgan fingerprint density at radius 3 is 2.60 bits per heavy atom. The standard InChI is InChI=1S/C33H31N9O3/c1-31(2,3)45-30(44)39-33(15-32(4,16-33)17-35)29-36-13-19(14-37-29)22-9-10-42-27(38-22)25-21-11-23(26(25)40-42)41(5)28(43)20-8-6-7-18(12-34)24(20)21/h6-10,13-14,21,23H,11,15-16H2,1-5H3,(H,39,44)/t21-,23-,32?,33?/m1/s1/i5D3. The number of aromatic nitrogens is 5. The van der Waals surface area contributed by atoms with Crippen molar-refractivity contribution in [3.8, 4) is 23.4 Å². The number of fused-ring (bicyclic) bond motifs is 9. The van der Waals surface area contributed by atoms with Crippen molar-refractivity contribution < 1.29 is 18.4 Å². The van der Waals surface area contributed by atoms with Crippen LogP contribution in [0.1, 0.15) is 102 Å². The number of hydrogen-bond acceptors (Lipinski definition) is 9. The van der Waals surface area contributed by atoms with E-state index in [1.807, 2.05) is 6.92 Å². The van der Waals surface area contributed by atoms with Crippen LogP contribution >= 0.6 is 0 Å². The molecule has 1 N–H and O–H groups in total. The molecule has 1 saturated carbocycles. The molecule has 0 spiro atoms. The lowest BCUT2D eigenvalue weighted by Gasteiger charge is -2.49. The molecule has 3 aromatic heterocycles. The molecule has 1 aliphatic heterocycles. The summed E-state index contributed by atoms with van der Waals surface area (Å²) in [5, 5.41) is 27.3. The lowest BCUT2D eigenvalue weighted by atomic mass is 9.58. The lowest BCUT2D eigenvalue weighted by molar-refractivity contribution is 0.0127. The van der Waals surface area contributed by atoms with Crippen LogP contribution in [0.15, 0.2) is 42.9 Å². The van der Waals surface area contributed by atoms with E-state index in [1.54, 1.807) is 68.1 Å². The molecule has 0 radical (unpaired) electrons. The number of carbonyl (C=O) groups is 2. The maximum Gasteiger partial charge on any atom is 0.408 e. The molecule has 1 fully saturated rings. The quantitative estimate of drug-likeness (QED) is 0.347. The van der Waals surface area contributed by atoms with Gasteiger partial charge >= 0.3 is 6.09 Å². The average molecular weight is 605 g/mol. The second kappa shape index (κ2) is 9.57. The van der Waals surface area contributed by atoms with Crippen LogP contribution in [0.2, 0.25) is 0 Å². The first-order valence-corrected chi connectivity index (χ1v) is 14.6. The Balaban J connectivity index is 1.29. The molecule has 2 bridgehead atoms. The van der Waals surface area contributed by atoms with Gasteiger partial charge in [-0.15, -0.1) is 0 Å². The molecule has 45 heavy (non-hydrogen) atoms. The molecule has 4 heterocycles. The Bertz CT molecular complexity index is 2100. The fourth-order valence-electron chi connectivity index (χ4n) is 7.01. The van der Waals surface area contributed by atoms with E-state index in [2.05, 4.69) is 27.4 Å². The van der Waals surface area contributed by atoms with Gasteiger partial charge in [0.1, 0.15) is 11.1 Å². The Kier molecular flexibility index (Phi) is 5.32. The predicted octanol–water partition coefficient (Wildman–Crippen LogP) is 4.76. The number of nitrogens with one attached hydrogen (secondary N) is 1. The predicted molar refractivity (Wildman–Crippen MR) is 160 cm³/mol. The van der Waals surface area contributed by atoms with Crippen molar-refractivity contribution in [1.82, 2.24) is 34.8 Å². The highest BCUT2D eigenvalue weighted by Crippen LogP contribution is 2.53. The van der Waals surface area contributed by atoms with Gasteiger partial charge in [0.25, 0.3) is 5.91 Å². The van der Waals surface area contributed by atoms with Crippen molar-refractivity contribution in [2.24, 2.45) is 5.41 Å². The SMILES string of the molecule is [2H]C([2H])([2H])N1C(=O)c2cccc(C#N)c2[C@H]2C[C@@H]1c1nn3ccc(-c4cnc(C5(NC(=O)OC(C)(C)C)CC(C)(C#N)C5)nc4)nc3c12. The molecule has 2 aliphatic carbocycles. The summed E-state index contributed by atoms with van der Waals surface area (Å²) in [6, 6.07) is 10.1. The molecule has 226 valence electrons. The lowest BCUT2D eigenvalue weighted by Crippen LogP contribution is -2.59. The van der Waals surface area contributed by atoms with E-state index >= 15 is 0 Å². The number of nitrogens with zero attached hydrogens (tertiary/aromatic N) is 8. The number of carbonyl (C=O) groups excluding carboxylic acids is 2. The molecule has 0 saturated heterocycles. The van der Waals surface area contributed by atoms with Gasteiger partial charge in [-0.3, -0.25) is 4.79 Å². The summed E-state index contributed by atoms with van der Waals surface area (Å²) in [5.41, 5.74) is 1.23. The minimum absolute atomic E-state index is 0.181. The minimum Gasteiger partial charge on any atom is -0.444 e. The third-order valence-electron chi connectivity index (χ3n) is 8.78. The summed E-state index contributed by atoms with van der Waals surface area (Å²) in [6.07, 6.45) is 5.14. The first-order valence-electron chi connectivity index (χ1n) is 16.1.